The topological polar surface area (TPSA) is 232 Å². The molecule has 16 nitrogen and oxygen atoms in total. The fourth-order valence-electron chi connectivity index (χ4n) is 4.64. The summed E-state index contributed by atoms with van der Waals surface area (Å²) in [5.74, 6) is -5.91. The highest BCUT2D eigenvalue weighted by Crippen LogP contribution is 2.50. The van der Waals surface area contributed by atoms with Crippen LogP contribution in [0, 0.1) is 0 Å². The number of alkyl halides is 3. The van der Waals surface area contributed by atoms with Gasteiger partial charge in [0.25, 0.3) is 11.6 Å². The average molecular weight is 746 g/mol. The van der Waals surface area contributed by atoms with Gasteiger partial charge >= 0.3 is 24.1 Å². The molecule has 1 unspecified atom stereocenters. The maximum Gasteiger partial charge on any atom is 0.407 e. The molecule has 1 saturated heterocycles. The van der Waals surface area contributed by atoms with E-state index in [1.165, 1.54) is 11.3 Å². The molecule has 1 aromatic heterocycles. The summed E-state index contributed by atoms with van der Waals surface area (Å²) >= 11 is 18.8. The van der Waals surface area contributed by atoms with E-state index < -0.39 is 88.1 Å². The molecule has 0 saturated carbocycles. The number of β-lactam (4-membered cyclic amide) rings is 1. The number of fused-ring (bicyclic) bond motifs is 1. The van der Waals surface area contributed by atoms with Gasteiger partial charge in [-0.1, -0.05) is 34.8 Å². The molecule has 3 rings (SSSR count). The van der Waals surface area contributed by atoms with Gasteiger partial charge in [-0.05, 0) is 35.2 Å². The van der Waals surface area contributed by atoms with Crippen LogP contribution >= 0.6 is 57.9 Å². The van der Waals surface area contributed by atoms with Crippen molar-refractivity contribution in [1.29, 1.82) is 0 Å². The molecule has 5 N–H and O–H groups in total. The number of ether oxygens (including phenoxy) is 3. The van der Waals surface area contributed by atoms with E-state index in [2.05, 4.69) is 10.1 Å². The number of aliphatic carboxylic acids is 2. The van der Waals surface area contributed by atoms with Gasteiger partial charge in [0.05, 0.1) is 6.42 Å². The van der Waals surface area contributed by atoms with Crippen molar-refractivity contribution in [2.24, 2.45) is 5.73 Å². The van der Waals surface area contributed by atoms with E-state index in [1.807, 2.05) is 0 Å². The number of hydrogen-bond donors (Lipinski definition) is 4. The second kappa shape index (κ2) is 15.5. The van der Waals surface area contributed by atoms with Gasteiger partial charge in [0.15, 0.2) is 0 Å². The Labute approximate surface area is 284 Å². The van der Waals surface area contributed by atoms with Gasteiger partial charge < -0.3 is 35.5 Å². The quantitative estimate of drug-likeness (QED) is 0.122. The van der Waals surface area contributed by atoms with Gasteiger partial charge in [0.2, 0.25) is 15.6 Å². The fourth-order valence-corrected chi connectivity index (χ4v) is 6.93. The Balaban J connectivity index is 1.85. The molecule has 0 aromatic carbocycles. The van der Waals surface area contributed by atoms with Crippen LogP contribution in [0.25, 0.3) is 0 Å². The minimum atomic E-state index is -2.27. The lowest BCUT2D eigenvalue weighted by Gasteiger charge is -2.58. The Morgan fingerprint density at radius 3 is 2.43 bits per heavy atom. The van der Waals surface area contributed by atoms with E-state index in [0.717, 1.165) is 23.8 Å². The molecule has 1 aromatic rings. The molecule has 2 aliphatic heterocycles. The Kier molecular flexibility index (Phi) is 12.6. The Morgan fingerprint density at radius 1 is 1.20 bits per heavy atom. The molecule has 2 aliphatic rings. The van der Waals surface area contributed by atoms with Crippen LogP contribution in [-0.4, -0.2) is 109 Å². The number of carbonyl (C=O) groups is 7. The average Bonchev–Trinajstić information content (AvgIpc) is 3.48. The zero-order chi connectivity index (χ0) is 34.4. The van der Waals surface area contributed by atoms with E-state index in [1.54, 1.807) is 16.8 Å². The molecule has 0 radical (unpaired) electrons. The van der Waals surface area contributed by atoms with Crippen LogP contribution in [0.2, 0.25) is 0 Å². The second-order valence-corrected chi connectivity index (χ2v) is 14.0. The number of nitrogens with two attached hydrogens (primary N) is 1. The fraction of sp³-hybridized carbons (Fsp3) is 0.480. The second-order valence-electron chi connectivity index (χ2n) is 9.65. The molecular formula is C25H27Cl3N4O12S2. The van der Waals surface area contributed by atoms with Gasteiger partial charge in [0, 0.05) is 24.9 Å². The number of carboxylic acids is 2. The maximum absolute atomic E-state index is 13.8. The van der Waals surface area contributed by atoms with Crippen molar-refractivity contribution < 1.29 is 58.0 Å². The lowest BCUT2D eigenvalue weighted by molar-refractivity contribution is -0.223. The number of thiophene rings is 1. The molecule has 3 atom stereocenters. The number of imide groups is 1. The number of alkyl carbamates (subject to hydrolysis) is 1. The standard InChI is InChI=1S/C25H27Cl3N4O12S2/c1-42-25(20(39)31-17(19(37)38)13(8-43-22(29)40)10-46-21(25)31)32(16(34)7-12-5-6-45-9-12)15(33)4-2-3-14(18(35)36)30-23(41)44-11-24(26,27)28/h5-6,9,14,21H,2-4,7-8,10-11H2,1H3,(H2,29,40)(H,30,41)(H,35,36)(H,37,38)/t14?,21-,25-/m0/s1. The van der Waals surface area contributed by atoms with Crippen LogP contribution < -0.4 is 11.1 Å². The normalized spacial score (nSPS) is 19.8. The first-order chi connectivity index (χ1) is 21.5. The van der Waals surface area contributed by atoms with Crippen molar-refractivity contribution in [3.8, 4) is 0 Å². The van der Waals surface area contributed by atoms with Crippen LogP contribution in [0.3, 0.4) is 0 Å². The molecule has 252 valence electrons. The highest BCUT2D eigenvalue weighted by molar-refractivity contribution is 8.00. The van der Waals surface area contributed by atoms with Gasteiger partial charge in [-0.2, -0.15) is 11.3 Å². The van der Waals surface area contributed by atoms with Crippen molar-refractivity contribution in [3.63, 3.8) is 0 Å². The summed E-state index contributed by atoms with van der Waals surface area (Å²) in [6, 6.07) is 0.0944. The zero-order valence-corrected chi connectivity index (χ0v) is 27.6. The van der Waals surface area contributed by atoms with Crippen LogP contribution in [-0.2, 0) is 44.6 Å². The Hall–Kier alpha value is -3.29. The Bertz CT molecular complexity index is 1420. The van der Waals surface area contributed by atoms with Crippen LogP contribution in [0.15, 0.2) is 28.1 Å². The summed E-state index contributed by atoms with van der Waals surface area (Å²) in [4.78, 5) is 89.7. The molecule has 0 bridgehead atoms. The first kappa shape index (κ1) is 37.2. The number of primary amides is 1. The van der Waals surface area contributed by atoms with Crippen molar-refractivity contribution in [1.82, 2.24) is 15.1 Å². The lowest BCUT2D eigenvalue weighted by Crippen LogP contribution is -2.82. The third-order valence-corrected chi connectivity index (χ3v) is 9.02. The SMILES string of the molecule is CO[C@@]1(N(C(=O)CCCC(NC(=O)OCC(Cl)(Cl)Cl)C(=O)O)C(=O)Cc2ccsc2)C(=O)N2C(C(=O)O)=C(COC(N)=O)CS[C@H]21. The molecule has 3 heterocycles. The summed E-state index contributed by atoms with van der Waals surface area (Å²) in [5.41, 5.74) is 2.79. The number of carbonyl (C=O) groups excluding carboxylic acids is 5. The van der Waals surface area contributed by atoms with E-state index in [9.17, 15) is 43.8 Å². The third-order valence-electron chi connectivity index (χ3n) is 6.60. The monoisotopic (exact) mass is 744 g/mol. The van der Waals surface area contributed by atoms with E-state index in [-0.39, 0.29) is 30.6 Å². The largest absolute Gasteiger partial charge is 0.480 e. The predicted molar refractivity (Wildman–Crippen MR) is 163 cm³/mol. The number of carboxylic acid groups (broad SMARTS) is 2. The molecular weight excluding hydrogens is 719 g/mol. The summed E-state index contributed by atoms with van der Waals surface area (Å²) in [6.07, 6.45) is -3.69. The first-order valence-electron chi connectivity index (χ1n) is 13.0. The number of thioether (sulfide) groups is 1. The van der Waals surface area contributed by atoms with Crippen LogP contribution in [0.4, 0.5) is 9.59 Å². The summed E-state index contributed by atoms with van der Waals surface area (Å²) < 4.78 is 13.0. The number of hydrogen-bond acceptors (Lipinski definition) is 12. The van der Waals surface area contributed by atoms with E-state index >= 15 is 0 Å². The smallest absolute Gasteiger partial charge is 0.407 e. The number of nitrogens with zero attached hydrogens (tertiary/aromatic N) is 2. The van der Waals surface area contributed by atoms with Gasteiger partial charge in [-0.15, -0.1) is 11.8 Å². The van der Waals surface area contributed by atoms with E-state index in [0.29, 0.717) is 10.5 Å². The van der Waals surface area contributed by atoms with Gasteiger partial charge in [0.1, 0.15) is 30.3 Å². The molecule has 21 heteroatoms. The molecule has 0 aliphatic carbocycles. The van der Waals surface area contributed by atoms with Crippen molar-refractivity contribution in [2.75, 3.05) is 26.1 Å². The van der Waals surface area contributed by atoms with Crippen molar-refractivity contribution in [2.45, 2.75) is 46.6 Å². The first-order valence-corrected chi connectivity index (χ1v) is 16.1. The minimum absolute atomic E-state index is 0.0488. The third kappa shape index (κ3) is 8.54. The van der Waals surface area contributed by atoms with Crippen LogP contribution in [0.5, 0.6) is 0 Å². The summed E-state index contributed by atoms with van der Waals surface area (Å²) in [6.45, 7) is -1.19. The molecule has 1 fully saturated rings. The number of halogens is 3. The predicted octanol–water partition coefficient (Wildman–Crippen LogP) is 2.06. The Morgan fingerprint density at radius 2 is 1.89 bits per heavy atom. The van der Waals surface area contributed by atoms with E-state index in [4.69, 9.17) is 50.0 Å². The minimum Gasteiger partial charge on any atom is -0.480 e. The molecule has 46 heavy (non-hydrogen) atoms. The summed E-state index contributed by atoms with van der Waals surface area (Å²) in [5, 5.41) is 23.7. The number of nitrogens with one attached hydrogen (secondary N) is 1. The van der Waals surface area contributed by atoms with Gasteiger partial charge in [-0.25, -0.2) is 24.1 Å². The highest BCUT2D eigenvalue weighted by Gasteiger charge is 2.70. The van der Waals surface area contributed by atoms with Crippen molar-refractivity contribution >= 4 is 99.7 Å². The number of methoxy groups -OCH3 is 1. The lowest BCUT2D eigenvalue weighted by atomic mass is 9.94. The highest BCUT2D eigenvalue weighted by atomic mass is 35.6. The molecule has 5 amide bonds. The van der Waals surface area contributed by atoms with Crippen LogP contribution in [0.1, 0.15) is 24.8 Å². The van der Waals surface area contributed by atoms with Crippen molar-refractivity contribution in [3.05, 3.63) is 33.7 Å². The molecule has 0 spiro atoms. The number of amides is 5. The summed E-state index contributed by atoms with van der Waals surface area (Å²) in [7, 11) is 1.08. The maximum atomic E-state index is 13.8. The zero-order valence-electron chi connectivity index (χ0n) is 23.7. The van der Waals surface area contributed by atoms with Gasteiger partial charge in [-0.3, -0.25) is 19.3 Å². The number of rotatable bonds is 14.